The molecule has 16 heavy (non-hydrogen) atoms. The number of imidazole rings is 1. The fraction of sp³-hybridized carbons (Fsp3) is 0.250. The maximum absolute atomic E-state index is 5.93. The fourth-order valence-electron chi connectivity index (χ4n) is 1.56. The second-order valence-corrected chi connectivity index (χ2v) is 3.97. The van der Waals surface area contributed by atoms with E-state index >= 15 is 0 Å². The van der Waals surface area contributed by atoms with E-state index < -0.39 is 0 Å². The molecule has 1 heterocycles. The van der Waals surface area contributed by atoms with E-state index in [-0.39, 0.29) is 0 Å². The molecule has 0 bridgehead atoms. The lowest BCUT2D eigenvalue weighted by atomic mass is 10.1. The molecule has 0 aliphatic heterocycles. The number of aryl methyl sites for hydroxylation is 1. The van der Waals surface area contributed by atoms with Gasteiger partial charge in [-0.2, -0.15) is 0 Å². The zero-order chi connectivity index (χ0) is 11.5. The maximum atomic E-state index is 5.93. The van der Waals surface area contributed by atoms with E-state index in [0.717, 1.165) is 23.5 Å². The van der Waals surface area contributed by atoms with Crippen LogP contribution < -0.4 is 5.73 Å². The minimum absolute atomic E-state index is 0.374. The summed E-state index contributed by atoms with van der Waals surface area (Å²) < 4.78 is 0. The minimum atomic E-state index is 0.374. The number of benzene rings is 1. The van der Waals surface area contributed by atoms with E-state index in [2.05, 4.69) is 29.0 Å². The molecule has 3 nitrogen and oxygen atoms in total. The van der Waals surface area contributed by atoms with Crippen LogP contribution in [-0.4, -0.2) is 9.97 Å². The molecule has 1 aromatic carbocycles. The molecule has 0 atom stereocenters. The third-order valence-corrected chi connectivity index (χ3v) is 2.88. The lowest BCUT2D eigenvalue weighted by Crippen LogP contribution is -1.96. The summed E-state index contributed by atoms with van der Waals surface area (Å²) in [5, 5.41) is 0.456. The molecule has 0 amide bonds. The van der Waals surface area contributed by atoms with E-state index in [0.29, 0.717) is 11.7 Å². The number of H-pyrrole nitrogens is 1. The van der Waals surface area contributed by atoms with Crippen molar-refractivity contribution in [1.82, 2.24) is 9.97 Å². The summed E-state index contributed by atoms with van der Waals surface area (Å²) in [5.41, 5.74) is 8.64. The van der Waals surface area contributed by atoms with Crippen LogP contribution in [0, 0.1) is 0 Å². The molecule has 0 unspecified atom stereocenters. The number of hydrogen-bond acceptors (Lipinski definition) is 2. The third kappa shape index (κ3) is 2.10. The highest BCUT2D eigenvalue weighted by Gasteiger charge is 2.07. The Morgan fingerprint density at radius 2 is 2.00 bits per heavy atom. The standard InChI is InChI=1S/C12H14ClN3/c1-2-8-3-5-9(6-4-8)12-15-10(7-14)11(13)16-12/h3-6H,2,7,14H2,1H3,(H,15,16). The number of rotatable bonds is 3. The van der Waals surface area contributed by atoms with Crippen LogP contribution in [0.3, 0.4) is 0 Å². The molecule has 0 saturated heterocycles. The number of nitrogens with two attached hydrogens (primary N) is 1. The minimum Gasteiger partial charge on any atom is -0.339 e. The quantitative estimate of drug-likeness (QED) is 0.860. The van der Waals surface area contributed by atoms with Gasteiger partial charge >= 0.3 is 0 Å². The Morgan fingerprint density at radius 1 is 1.31 bits per heavy atom. The molecule has 0 spiro atoms. The number of aromatic nitrogens is 2. The Bertz CT molecular complexity index is 474. The summed E-state index contributed by atoms with van der Waals surface area (Å²) in [5.74, 6) is 0.771. The van der Waals surface area contributed by atoms with Crippen LogP contribution in [-0.2, 0) is 13.0 Å². The van der Waals surface area contributed by atoms with Gasteiger partial charge in [-0.3, -0.25) is 0 Å². The zero-order valence-corrected chi connectivity index (χ0v) is 9.88. The summed E-state index contributed by atoms with van der Waals surface area (Å²) in [6.07, 6.45) is 1.03. The van der Waals surface area contributed by atoms with Crippen LogP contribution in [0.1, 0.15) is 18.2 Å². The number of nitrogens with one attached hydrogen (secondary N) is 1. The summed E-state index contributed by atoms with van der Waals surface area (Å²) in [4.78, 5) is 7.35. The largest absolute Gasteiger partial charge is 0.339 e. The predicted octanol–water partition coefficient (Wildman–Crippen LogP) is 2.75. The summed E-state index contributed by atoms with van der Waals surface area (Å²) in [6.45, 7) is 2.50. The molecule has 0 aliphatic rings. The highest BCUT2D eigenvalue weighted by atomic mass is 35.5. The smallest absolute Gasteiger partial charge is 0.152 e. The van der Waals surface area contributed by atoms with Crippen molar-refractivity contribution < 1.29 is 0 Å². The van der Waals surface area contributed by atoms with E-state index in [1.54, 1.807) is 0 Å². The predicted molar refractivity (Wildman–Crippen MR) is 66.3 cm³/mol. The molecule has 2 aromatic rings. The SMILES string of the molecule is CCc1ccc(-c2nc(Cl)c(CN)[nH]2)cc1. The van der Waals surface area contributed by atoms with Crippen LogP contribution in [0.2, 0.25) is 5.15 Å². The van der Waals surface area contributed by atoms with Crippen molar-refractivity contribution in [2.45, 2.75) is 19.9 Å². The Labute approximate surface area is 99.7 Å². The van der Waals surface area contributed by atoms with Gasteiger partial charge in [0.1, 0.15) is 5.82 Å². The van der Waals surface area contributed by atoms with Gasteiger partial charge in [-0.05, 0) is 12.0 Å². The molecule has 0 aliphatic carbocycles. The molecule has 1 aromatic heterocycles. The van der Waals surface area contributed by atoms with E-state index in [9.17, 15) is 0 Å². The lowest BCUT2D eigenvalue weighted by Gasteiger charge is -1.99. The number of nitrogens with zero attached hydrogens (tertiary/aromatic N) is 1. The zero-order valence-electron chi connectivity index (χ0n) is 9.13. The molecule has 0 radical (unpaired) electrons. The van der Waals surface area contributed by atoms with Gasteiger partial charge in [0.05, 0.1) is 5.69 Å². The van der Waals surface area contributed by atoms with Crippen LogP contribution in [0.5, 0.6) is 0 Å². The van der Waals surface area contributed by atoms with Crippen molar-refractivity contribution in [2.75, 3.05) is 0 Å². The molecule has 0 fully saturated rings. The normalized spacial score (nSPS) is 10.7. The summed E-state index contributed by atoms with van der Waals surface area (Å²) >= 11 is 5.93. The van der Waals surface area contributed by atoms with E-state index in [1.165, 1.54) is 5.56 Å². The van der Waals surface area contributed by atoms with Gasteiger partial charge in [0, 0.05) is 12.1 Å². The summed E-state index contributed by atoms with van der Waals surface area (Å²) in [7, 11) is 0. The van der Waals surface area contributed by atoms with E-state index in [1.807, 2.05) is 12.1 Å². The number of hydrogen-bond donors (Lipinski definition) is 2. The van der Waals surface area contributed by atoms with Crippen molar-refractivity contribution in [1.29, 1.82) is 0 Å². The van der Waals surface area contributed by atoms with Crippen LogP contribution in [0.25, 0.3) is 11.4 Å². The van der Waals surface area contributed by atoms with Gasteiger partial charge in [-0.25, -0.2) is 4.98 Å². The van der Waals surface area contributed by atoms with Gasteiger partial charge in [0.2, 0.25) is 0 Å². The number of halogens is 1. The van der Waals surface area contributed by atoms with Gasteiger partial charge in [0.15, 0.2) is 5.15 Å². The van der Waals surface area contributed by atoms with Crippen LogP contribution in [0.15, 0.2) is 24.3 Å². The second-order valence-electron chi connectivity index (χ2n) is 3.61. The van der Waals surface area contributed by atoms with Crippen molar-refractivity contribution in [3.8, 4) is 11.4 Å². The van der Waals surface area contributed by atoms with Gasteiger partial charge in [0.25, 0.3) is 0 Å². The lowest BCUT2D eigenvalue weighted by molar-refractivity contribution is 1.01. The molecular weight excluding hydrogens is 222 g/mol. The first-order valence-corrected chi connectivity index (χ1v) is 5.66. The van der Waals surface area contributed by atoms with Crippen molar-refractivity contribution in [2.24, 2.45) is 5.73 Å². The third-order valence-electron chi connectivity index (χ3n) is 2.57. The Morgan fingerprint density at radius 3 is 2.50 bits per heavy atom. The topological polar surface area (TPSA) is 54.7 Å². The van der Waals surface area contributed by atoms with Crippen LogP contribution in [0.4, 0.5) is 0 Å². The van der Waals surface area contributed by atoms with Crippen LogP contribution >= 0.6 is 11.6 Å². The summed E-state index contributed by atoms with van der Waals surface area (Å²) in [6, 6.07) is 8.25. The first-order chi connectivity index (χ1) is 7.74. The van der Waals surface area contributed by atoms with Crippen molar-refractivity contribution in [3.63, 3.8) is 0 Å². The highest BCUT2D eigenvalue weighted by Crippen LogP contribution is 2.21. The first kappa shape index (κ1) is 11.2. The molecule has 4 heteroatoms. The average molecular weight is 236 g/mol. The van der Waals surface area contributed by atoms with Crippen molar-refractivity contribution >= 4 is 11.6 Å². The number of aromatic amines is 1. The molecule has 0 saturated carbocycles. The Hall–Kier alpha value is -1.32. The van der Waals surface area contributed by atoms with Gasteiger partial charge < -0.3 is 10.7 Å². The van der Waals surface area contributed by atoms with E-state index in [4.69, 9.17) is 17.3 Å². The molecule has 84 valence electrons. The Kier molecular flexibility index (Phi) is 3.27. The monoisotopic (exact) mass is 235 g/mol. The highest BCUT2D eigenvalue weighted by molar-refractivity contribution is 6.30. The second kappa shape index (κ2) is 4.68. The van der Waals surface area contributed by atoms with Gasteiger partial charge in [-0.15, -0.1) is 0 Å². The average Bonchev–Trinajstić information content (AvgIpc) is 2.71. The molecule has 3 N–H and O–H groups in total. The van der Waals surface area contributed by atoms with Crippen molar-refractivity contribution in [3.05, 3.63) is 40.7 Å². The first-order valence-electron chi connectivity index (χ1n) is 5.28. The maximum Gasteiger partial charge on any atom is 0.152 e. The molecule has 2 rings (SSSR count). The van der Waals surface area contributed by atoms with Gasteiger partial charge in [-0.1, -0.05) is 42.8 Å². The molecular formula is C12H14ClN3. The Balaban J connectivity index is 2.34. The fourth-order valence-corrected chi connectivity index (χ4v) is 1.77.